The molecule has 17 heavy (non-hydrogen) atoms. The van der Waals surface area contributed by atoms with Crippen LogP contribution < -0.4 is 5.32 Å². The molecular formula is C14H27N3. The van der Waals surface area contributed by atoms with Gasteiger partial charge in [0.15, 0.2) is 0 Å². The van der Waals surface area contributed by atoms with Crippen molar-refractivity contribution in [2.24, 2.45) is 0 Å². The molecular weight excluding hydrogens is 210 g/mol. The first-order chi connectivity index (χ1) is 8.33. The molecule has 1 N–H and O–H groups in total. The molecule has 0 aliphatic carbocycles. The molecule has 3 nitrogen and oxygen atoms in total. The lowest BCUT2D eigenvalue weighted by Crippen LogP contribution is -2.20. The second-order valence-corrected chi connectivity index (χ2v) is 4.62. The summed E-state index contributed by atoms with van der Waals surface area (Å²) < 4.78 is 2.09. The van der Waals surface area contributed by atoms with Crippen molar-refractivity contribution >= 4 is 0 Å². The molecule has 3 heteroatoms. The van der Waals surface area contributed by atoms with Crippen molar-refractivity contribution in [1.29, 1.82) is 0 Å². The van der Waals surface area contributed by atoms with Crippen LogP contribution in [0.5, 0.6) is 0 Å². The summed E-state index contributed by atoms with van der Waals surface area (Å²) in [5.41, 5.74) is 1.32. The van der Waals surface area contributed by atoms with Crippen LogP contribution in [-0.2, 0) is 6.54 Å². The zero-order chi connectivity index (χ0) is 12.5. The van der Waals surface area contributed by atoms with Crippen LogP contribution in [0.2, 0.25) is 0 Å². The first kappa shape index (κ1) is 14.2. The highest BCUT2D eigenvalue weighted by Gasteiger charge is 2.12. The smallest absolute Gasteiger partial charge is 0.0553 e. The van der Waals surface area contributed by atoms with E-state index in [1.807, 2.05) is 13.2 Å². The fourth-order valence-corrected chi connectivity index (χ4v) is 2.30. The topological polar surface area (TPSA) is 29.9 Å². The number of hydrogen-bond acceptors (Lipinski definition) is 2. The van der Waals surface area contributed by atoms with Gasteiger partial charge >= 0.3 is 0 Å². The minimum absolute atomic E-state index is 0.457. The Kier molecular flexibility index (Phi) is 6.94. The molecule has 98 valence electrons. The Morgan fingerprint density at radius 1 is 1.24 bits per heavy atom. The summed E-state index contributed by atoms with van der Waals surface area (Å²) in [6.45, 7) is 5.36. The molecule has 0 spiro atoms. The summed E-state index contributed by atoms with van der Waals surface area (Å²) >= 11 is 0. The normalized spacial score (nSPS) is 12.9. The molecule has 1 aromatic heterocycles. The third-order valence-corrected chi connectivity index (χ3v) is 3.35. The van der Waals surface area contributed by atoms with E-state index in [9.17, 15) is 0 Å². The van der Waals surface area contributed by atoms with E-state index in [0.29, 0.717) is 6.04 Å². The van der Waals surface area contributed by atoms with Gasteiger partial charge in [-0.25, -0.2) is 0 Å². The zero-order valence-electron chi connectivity index (χ0n) is 11.6. The number of rotatable bonds is 9. The van der Waals surface area contributed by atoms with Crippen molar-refractivity contribution in [3.05, 3.63) is 18.0 Å². The Morgan fingerprint density at radius 3 is 2.65 bits per heavy atom. The molecule has 0 aliphatic heterocycles. The highest BCUT2D eigenvalue weighted by molar-refractivity contribution is 5.06. The van der Waals surface area contributed by atoms with E-state index in [2.05, 4.69) is 35.0 Å². The molecule has 1 heterocycles. The molecule has 0 aromatic carbocycles. The number of hydrogen-bond donors (Lipinski definition) is 1. The summed E-state index contributed by atoms with van der Waals surface area (Å²) in [5, 5.41) is 7.75. The van der Waals surface area contributed by atoms with E-state index >= 15 is 0 Å². The maximum atomic E-state index is 4.34. The van der Waals surface area contributed by atoms with E-state index in [0.717, 1.165) is 6.54 Å². The third-order valence-electron chi connectivity index (χ3n) is 3.35. The first-order valence-corrected chi connectivity index (χ1v) is 7.02. The number of unbranched alkanes of at least 4 members (excludes halogenated alkanes) is 4. The maximum absolute atomic E-state index is 4.34. The minimum Gasteiger partial charge on any atom is -0.312 e. The van der Waals surface area contributed by atoms with E-state index < -0.39 is 0 Å². The Bertz CT molecular complexity index is 293. The second kappa shape index (κ2) is 8.29. The van der Waals surface area contributed by atoms with Crippen LogP contribution in [0.15, 0.2) is 12.3 Å². The van der Waals surface area contributed by atoms with Crippen LogP contribution in [0.4, 0.5) is 0 Å². The van der Waals surface area contributed by atoms with Crippen molar-refractivity contribution < 1.29 is 0 Å². The van der Waals surface area contributed by atoms with Gasteiger partial charge in [-0.15, -0.1) is 0 Å². The molecule has 1 unspecified atom stereocenters. The maximum Gasteiger partial charge on any atom is 0.0553 e. The van der Waals surface area contributed by atoms with Gasteiger partial charge in [-0.2, -0.15) is 5.10 Å². The van der Waals surface area contributed by atoms with E-state index in [4.69, 9.17) is 0 Å². The van der Waals surface area contributed by atoms with Gasteiger partial charge in [0.25, 0.3) is 0 Å². The van der Waals surface area contributed by atoms with Crippen LogP contribution in [0, 0.1) is 0 Å². The van der Waals surface area contributed by atoms with Crippen molar-refractivity contribution in [2.45, 2.75) is 65.0 Å². The van der Waals surface area contributed by atoms with Gasteiger partial charge in [0.05, 0.1) is 5.69 Å². The Morgan fingerprint density at radius 2 is 2.00 bits per heavy atom. The molecule has 0 fully saturated rings. The summed E-state index contributed by atoms with van der Waals surface area (Å²) in [5.74, 6) is 0. The molecule has 0 aliphatic rings. The van der Waals surface area contributed by atoms with Crippen molar-refractivity contribution in [2.75, 3.05) is 7.05 Å². The lowest BCUT2D eigenvalue weighted by atomic mass is 10.0. The molecule has 0 saturated heterocycles. The summed E-state index contributed by atoms with van der Waals surface area (Å²) in [7, 11) is 2.05. The number of nitrogens with one attached hydrogen (secondary N) is 1. The third kappa shape index (κ3) is 4.50. The number of aryl methyl sites for hydroxylation is 1. The SMILES string of the molecule is CCCCCCCC(NC)c1ccnn1CC. The van der Waals surface area contributed by atoms with Crippen molar-refractivity contribution in [1.82, 2.24) is 15.1 Å². The van der Waals surface area contributed by atoms with Crippen molar-refractivity contribution in [3.8, 4) is 0 Å². The Balaban J connectivity index is 2.38. The fourth-order valence-electron chi connectivity index (χ4n) is 2.30. The average molecular weight is 237 g/mol. The summed E-state index contributed by atoms with van der Waals surface area (Å²) in [4.78, 5) is 0. The van der Waals surface area contributed by atoms with Gasteiger partial charge in [-0.3, -0.25) is 4.68 Å². The Hall–Kier alpha value is -0.830. The molecule has 1 aromatic rings. The van der Waals surface area contributed by atoms with E-state index in [1.165, 1.54) is 44.2 Å². The predicted molar refractivity (Wildman–Crippen MR) is 73.1 cm³/mol. The van der Waals surface area contributed by atoms with Crippen LogP contribution in [0.1, 0.15) is 64.1 Å². The lowest BCUT2D eigenvalue weighted by molar-refractivity contribution is 0.462. The number of nitrogens with zero attached hydrogens (tertiary/aromatic N) is 2. The Labute approximate surface area is 106 Å². The standard InChI is InChI=1S/C14H27N3/c1-4-6-7-8-9-10-13(15-3)14-11-12-16-17(14)5-2/h11-13,15H,4-10H2,1-3H3. The molecule has 1 rings (SSSR count). The van der Waals surface area contributed by atoms with Crippen LogP contribution >= 0.6 is 0 Å². The van der Waals surface area contributed by atoms with Gasteiger partial charge in [0.2, 0.25) is 0 Å². The monoisotopic (exact) mass is 237 g/mol. The first-order valence-electron chi connectivity index (χ1n) is 7.02. The second-order valence-electron chi connectivity index (χ2n) is 4.62. The molecule has 0 bridgehead atoms. The predicted octanol–water partition coefficient (Wildman–Crippen LogP) is 3.52. The zero-order valence-corrected chi connectivity index (χ0v) is 11.6. The van der Waals surface area contributed by atoms with Crippen LogP contribution in [0.25, 0.3) is 0 Å². The molecule has 1 atom stereocenters. The lowest BCUT2D eigenvalue weighted by Gasteiger charge is -2.17. The van der Waals surface area contributed by atoms with E-state index in [1.54, 1.807) is 0 Å². The summed E-state index contributed by atoms with van der Waals surface area (Å²) in [6, 6.07) is 2.59. The molecule has 0 amide bonds. The quantitative estimate of drug-likeness (QED) is 0.666. The van der Waals surface area contributed by atoms with Gasteiger partial charge in [0, 0.05) is 18.8 Å². The van der Waals surface area contributed by atoms with Gasteiger partial charge in [-0.05, 0) is 26.5 Å². The molecule has 0 radical (unpaired) electrons. The van der Waals surface area contributed by atoms with Gasteiger partial charge in [-0.1, -0.05) is 39.0 Å². The van der Waals surface area contributed by atoms with E-state index in [-0.39, 0.29) is 0 Å². The highest BCUT2D eigenvalue weighted by atomic mass is 15.3. The fraction of sp³-hybridized carbons (Fsp3) is 0.786. The molecule has 0 saturated carbocycles. The minimum atomic E-state index is 0.457. The van der Waals surface area contributed by atoms with Crippen molar-refractivity contribution in [3.63, 3.8) is 0 Å². The highest BCUT2D eigenvalue weighted by Crippen LogP contribution is 2.19. The largest absolute Gasteiger partial charge is 0.312 e. The van der Waals surface area contributed by atoms with Gasteiger partial charge in [0.1, 0.15) is 0 Å². The van der Waals surface area contributed by atoms with Crippen LogP contribution in [0.3, 0.4) is 0 Å². The average Bonchev–Trinajstić information content (AvgIpc) is 2.82. The number of aromatic nitrogens is 2. The van der Waals surface area contributed by atoms with Crippen LogP contribution in [-0.4, -0.2) is 16.8 Å². The van der Waals surface area contributed by atoms with Gasteiger partial charge < -0.3 is 5.32 Å². The summed E-state index contributed by atoms with van der Waals surface area (Å²) in [6.07, 6.45) is 9.84.